The Morgan fingerprint density at radius 1 is 1.67 bits per heavy atom. The summed E-state index contributed by atoms with van der Waals surface area (Å²) in [5.74, 6) is 0.668. The number of hydrogen-bond donors (Lipinski definition) is 1. The van der Waals surface area contributed by atoms with Gasteiger partial charge in [-0.15, -0.1) is 0 Å². The average Bonchev–Trinajstić information content (AvgIpc) is 2.77. The maximum Gasteiger partial charge on any atom is 0.0588 e. The SMILES string of the molecule is CC1OCCC1CNCc1cnn(C)c1. The lowest BCUT2D eigenvalue weighted by atomic mass is 10.0. The first-order chi connectivity index (χ1) is 7.25. The number of aryl methyl sites for hydroxylation is 1. The highest BCUT2D eigenvalue weighted by Crippen LogP contribution is 2.19. The lowest BCUT2D eigenvalue weighted by molar-refractivity contribution is 0.105. The largest absolute Gasteiger partial charge is 0.378 e. The highest BCUT2D eigenvalue weighted by molar-refractivity contribution is 5.02. The Morgan fingerprint density at radius 2 is 2.53 bits per heavy atom. The second-order valence-electron chi connectivity index (χ2n) is 4.28. The van der Waals surface area contributed by atoms with Crippen LogP contribution in [0.1, 0.15) is 18.9 Å². The van der Waals surface area contributed by atoms with Crippen LogP contribution in [0.4, 0.5) is 0 Å². The van der Waals surface area contributed by atoms with Crippen LogP contribution in [0.2, 0.25) is 0 Å². The first kappa shape index (κ1) is 10.6. The molecule has 1 N–H and O–H groups in total. The average molecular weight is 209 g/mol. The summed E-state index contributed by atoms with van der Waals surface area (Å²) in [5.41, 5.74) is 1.24. The second kappa shape index (κ2) is 4.77. The van der Waals surface area contributed by atoms with Crippen molar-refractivity contribution in [1.82, 2.24) is 15.1 Å². The number of ether oxygens (including phenoxy) is 1. The summed E-state index contributed by atoms with van der Waals surface area (Å²) in [7, 11) is 1.94. The van der Waals surface area contributed by atoms with Gasteiger partial charge < -0.3 is 10.1 Å². The van der Waals surface area contributed by atoms with Gasteiger partial charge in [-0.2, -0.15) is 5.10 Å². The van der Waals surface area contributed by atoms with Gasteiger partial charge in [-0.25, -0.2) is 0 Å². The maximum atomic E-state index is 5.52. The zero-order valence-electron chi connectivity index (χ0n) is 9.44. The molecule has 15 heavy (non-hydrogen) atoms. The third-order valence-electron chi connectivity index (χ3n) is 3.03. The molecule has 2 heterocycles. The highest BCUT2D eigenvalue weighted by Gasteiger charge is 2.23. The number of hydrogen-bond acceptors (Lipinski definition) is 3. The van der Waals surface area contributed by atoms with Gasteiger partial charge in [0.05, 0.1) is 12.3 Å². The molecule has 1 saturated heterocycles. The highest BCUT2D eigenvalue weighted by atomic mass is 16.5. The molecule has 0 spiro atoms. The van der Waals surface area contributed by atoms with Gasteiger partial charge in [0, 0.05) is 38.5 Å². The zero-order valence-corrected chi connectivity index (χ0v) is 9.44. The van der Waals surface area contributed by atoms with E-state index < -0.39 is 0 Å². The third-order valence-corrected chi connectivity index (χ3v) is 3.03. The van der Waals surface area contributed by atoms with Crippen molar-refractivity contribution in [3.05, 3.63) is 18.0 Å². The van der Waals surface area contributed by atoms with Gasteiger partial charge >= 0.3 is 0 Å². The molecule has 2 atom stereocenters. The molecule has 0 amide bonds. The van der Waals surface area contributed by atoms with Crippen molar-refractivity contribution in [2.75, 3.05) is 13.2 Å². The summed E-state index contributed by atoms with van der Waals surface area (Å²) in [4.78, 5) is 0. The molecule has 1 fully saturated rings. The molecule has 1 aromatic rings. The number of aromatic nitrogens is 2. The molecule has 2 unspecified atom stereocenters. The van der Waals surface area contributed by atoms with Crippen LogP contribution in [0.3, 0.4) is 0 Å². The lowest BCUT2D eigenvalue weighted by Gasteiger charge is -2.14. The number of rotatable bonds is 4. The van der Waals surface area contributed by atoms with E-state index in [4.69, 9.17) is 4.74 Å². The minimum Gasteiger partial charge on any atom is -0.378 e. The Kier molecular flexibility index (Phi) is 3.38. The minimum absolute atomic E-state index is 0.409. The van der Waals surface area contributed by atoms with Gasteiger partial charge in [0.2, 0.25) is 0 Å². The summed E-state index contributed by atoms with van der Waals surface area (Å²) < 4.78 is 7.35. The van der Waals surface area contributed by atoms with Crippen LogP contribution < -0.4 is 5.32 Å². The van der Waals surface area contributed by atoms with Crippen LogP contribution in [0.15, 0.2) is 12.4 Å². The summed E-state index contributed by atoms with van der Waals surface area (Å²) >= 11 is 0. The number of nitrogens with one attached hydrogen (secondary N) is 1. The van der Waals surface area contributed by atoms with Crippen molar-refractivity contribution in [2.24, 2.45) is 13.0 Å². The second-order valence-corrected chi connectivity index (χ2v) is 4.28. The summed E-state index contributed by atoms with van der Waals surface area (Å²) in [5, 5.41) is 7.59. The first-order valence-electron chi connectivity index (χ1n) is 5.55. The molecule has 0 aliphatic carbocycles. The molecule has 1 aliphatic heterocycles. The van der Waals surface area contributed by atoms with E-state index in [1.165, 1.54) is 12.0 Å². The first-order valence-corrected chi connectivity index (χ1v) is 5.55. The van der Waals surface area contributed by atoms with Crippen LogP contribution in [0.25, 0.3) is 0 Å². The van der Waals surface area contributed by atoms with Gasteiger partial charge in [0.15, 0.2) is 0 Å². The molecule has 4 nitrogen and oxygen atoms in total. The Balaban J connectivity index is 1.70. The predicted molar refractivity (Wildman–Crippen MR) is 58.4 cm³/mol. The van der Waals surface area contributed by atoms with Crippen LogP contribution in [-0.2, 0) is 18.3 Å². The molecular weight excluding hydrogens is 190 g/mol. The van der Waals surface area contributed by atoms with Crippen LogP contribution in [-0.4, -0.2) is 29.0 Å². The lowest BCUT2D eigenvalue weighted by Crippen LogP contribution is -2.26. The van der Waals surface area contributed by atoms with Gasteiger partial charge in [0.1, 0.15) is 0 Å². The molecule has 0 aromatic carbocycles. The Labute approximate surface area is 90.6 Å². The quantitative estimate of drug-likeness (QED) is 0.802. The molecule has 1 aromatic heterocycles. The molecule has 84 valence electrons. The molecule has 0 radical (unpaired) electrons. The fraction of sp³-hybridized carbons (Fsp3) is 0.727. The van der Waals surface area contributed by atoms with Gasteiger partial charge in [-0.05, 0) is 19.3 Å². The fourth-order valence-corrected chi connectivity index (χ4v) is 2.01. The van der Waals surface area contributed by atoms with Crippen molar-refractivity contribution in [3.63, 3.8) is 0 Å². The van der Waals surface area contributed by atoms with E-state index in [9.17, 15) is 0 Å². The van der Waals surface area contributed by atoms with Crippen molar-refractivity contribution in [2.45, 2.75) is 26.0 Å². The van der Waals surface area contributed by atoms with Crippen LogP contribution in [0, 0.1) is 5.92 Å². The van der Waals surface area contributed by atoms with E-state index in [1.54, 1.807) is 0 Å². The topological polar surface area (TPSA) is 39.1 Å². The molecule has 1 aliphatic rings. The molecule has 4 heteroatoms. The fourth-order valence-electron chi connectivity index (χ4n) is 2.01. The predicted octanol–water partition coefficient (Wildman–Crippen LogP) is 0.935. The van der Waals surface area contributed by atoms with Crippen LogP contribution >= 0.6 is 0 Å². The molecule has 0 bridgehead atoms. The summed E-state index contributed by atoms with van der Waals surface area (Å²) in [6.07, 6.45) is 5.54. The van der Waals surface area contributed by atoms with E-state index >= 15 is 0 Å². The normalized spacial score (nSPS) is 26.0. The van der Waals surface area contributed by atoms with Crippen molar-refractivity contribution in [1.29, 1.82) is 0 Å². The summed E-state index contributed by atoms with van der Waals surface area (Å²) in [6, 6.07) is 0. The molecule has 0 saturated carbocycles. The van der Waals surface area contributed by atoms with Gasteiger partial charge in [0.25, 0.3) is 0 Å². The van der Waals surface area contributed by atoms with Gasteiger partial charge in [-0.3, -0.25) is 4.68 Å². The molecular formula is C11H19N3O. The van der Waals surface area contributed by atoms with E-state index in [-0.39, 0.29) is 0 Å². The number of nitrogens with zero attached hydrogens (tertiary/aromatic N) is 2. The summed E-state index contributed by atoms with van der Waals surface area (Å²) in [6.45, 7) is 5.01. The van der Waals surface area contributed by atoms with E-state index in [0.29, 0.717) is 12.0 Å². The van der Waals surface area contributed by atoms with Crippen LogP contribution in [0.5, 0.6) is 0 Å². The maximum absolute atomic E-state index is 5.52. The van der Waals surface area contributed by atoms with E-state index in [1.807, 2.05) is 24.1 Å². The van der Waals surface area contributed by atoms with Crippen molar-refractivity contribution in [3.8, 4) is 0 Å². The Bertz CT molecular complexity index is 311. The smallest absolute Gasteiger partial charge is 0.0588 e. The van der Waals surface area contributed by atoms with E-state index in [0.717, 1.165) is 19.7 Å². The molecule has 2 rings (SSSR count). The monoisotopic (exact) mass is 209 g/mol. The Hall–Kier alpha value is -0.870. The third kappa shape index (κ3) is 2.79. The zero-order chi connectivity index (χ0) is 10.7. The van der Waals surface area contributed by atoms with E-state index in [2.05, 4.69) is 17.3 Å². The Morgan fingerprint density at radius 3 is 3.13 bits per heavy atom. The van der Waals surface area contributed by atoms with Crippen molar-refractivity contribution < 1.29 is 4.74 Å². The minimum atomic E-state index is 0.409. The van der Waals surface area contributed by atoms with Crippen molar-refractivity contribution >= 4 is 0 Å². The standard InChI is InChI=1S/C11H19N3O/c1-9-11(3-4-15-9)7-12-5-10-6-13-14(2)8-10/h6,8-9,11-12H,3-5,7H2,1-2H3. The van der Waals surface area contributed by atoms with Gasteiger partial charge in [-0.1, -0.05) is 0 Å².